The van der Waals surface area contributed by atoms with Gasteiger partial charge in [-0.25, -0.2) is 4.39 Å². The number of benzene rings is 1. The van der Waals surface area contributed by atoms with Crippen LogP contribution in [0.2, 0.25) is 0 Å². The molecule has 0 amide bonds. The monoisotopic (exact) mass is 246 g/mol. The van der Waals surface area contributed by atoms with Gasteiger partial charge in [0.25, 0.3) is 0 Å². The Labute approximate surface area is 108 Å². The van der Waals surface area contributed by atoms with Gasteiger partial charge in [-0.2, -0.15) is 5.26 Å². The molecule has 2 nitrogen and oxygen atoms in total. The average Bonchev–Trinajstić information content (AvgIpc) is 2.36. The zero-order valence-electron chi connectivity index (χ0n) is 11.0. The highest BCUT2D eigenvalue weighted by molar-refractivity contribution is 5.35. The van der Waals surface area contributed by atoms with Gasteiger partial charge < -0.3 is 0 Å². The van der Waals surface area contributed by atoms with Crippen LogP contribution in [0.15, 0.2) is 18.2 Å². The lowest BCUT2D eigenvalue weighted by molar-refractivity contribution is 0.0940. The van der Waals surface area contributed by atoms with Crippen LogP contribution in [-0.4, -0.2) is 17.0 Å². The molecule has 2 atom stereocenters. The molecule has 0 aromatic heterocycles. The molecule has 1 fully saturated rings. The Balaban J connectivity index is 2.21. The minimum atomic E-state index is -0.357. The molecule has 2 rings (SSSR count). The molecule has 1 aliphatic rings. The summed E-state index contributed by atoms with van der Waals surface area (Å²) in [5.74, 6) is -0.357. The van der Waals surface area contributed by atoms with E-state index in [4.69, 9.17) is 5.26 Å². The third-order valence-corrected chi connectivity index (χ3v) is 3.93. The number of hydrogen-bond acceptors (Lipinski definition) is 2. The van der Waals surface area contributed by atoms with Crippen molar-refractivity contribution in [1.82, 2.24) is 4.90 Å². The van der Waals surface area contributed by atoms with E-state index in [9.17, 15) is 4.39 Å². The third-order valence-electron chi connectivity index (χ3n) is 3.93. The maximum absolute atomic E-state index is 14.0. The molecule has 1 aromatic rings. The first kappa shape index (κ1) is 13.0. The Morgan fingerprint density at radius 1 is 1.33 bits per heavy atom. The summed E-state index contributed by atoms with van der Waals surface area (Å²) in [7, 11) is 0. The van der Waals surface area contributed by atoms with Crippen LogP contribution in [0.1, 0.15) is 44.2 Å². The van der Waals surface area contributed by atoms with Gasteiger partial charge >= 0.3 is 0 Å². The molecular weight excluding hydrogens is 227 g/mol. The van der Waals surface area contributed by atoms with Gasteiger partial charge in [-0.1, -0.05) is 18.6 Å². The largest absolute Gasteiger partial charge is 0.294 e. The molecule has 1 heterocycles. The molecule has 96 valence electrons. The fraction of sp³-hybridized carbons (Fsp3) is 0.533. The van der Waals surface area contributed by atoms with Crippen molar-refractivity contribution in [1.29, 1.82) is 5.26 Å². The lowest BCUT2D eigenvalue weighted by atomic mass is 9.96. The molecule has 0 N–H and O–H groups in total. The Morgan fingerprint density at radius 2 is 2.00 bits per heavy atom. The highest BCUT2D eigenvalue weighted by atomic mass is 19.1. The second-order valence-electron chi connectivity index (χ2n) is 5.19. The van der Waals surface area contributed by atoms with Crippen molar-refractivity contribution in [3.8, 4) is 6.07 Å². The van der Waals surface area contributed by atoms with E-state index in [1.807, 2.05) is 6.07 Å². The Kier molecular flexibility index (Phi) is 3.98. The van der Waals surface area contributed by atoms with E-state index in [-0.39, 0.29) is 11.4 Å². The van der Waals surface area contributed by atoms with E-state index >= 15 is 0 Å². The van der Waals surface area contributed by atoms with Crippen LogP contribution in [0.3, 0.4) is 0 Å². The Hall–Kier alpha value is -1.40. The minimum Gasteiger partial charge on any atom is -0.294 e. The molecule has 0 unspecified atom stereocenters. The van der Waals surface area contributed by atoms with Crippen LogP contribution in [0, 0.1) is 17.1 Å². The number of rotatable bonds is 2. The van der Waals surface area contributed by atoms with Crippen LogP contribution in [-0.2, 0) is 6.54 Å². The van der Waals surface area contributed by atoms with E-state index in [0.717, 1.165) is 0 Å². The zero-order valence-corrected chi connectivity index (χ0v) is 11.0. The summed E-state index contributed by atoms with van der Waals surface area (Å²) >= 11 is 0. The molecule has 18 heavy (non-hydrogen) atoms. The van der Waals surface area contributed by atoms with Crippen molar-refractivity contribution in [3.63, 3.8) is 0 Å². The molecule has 3 heteroatoms. The first-order valence-corrected chi connectivity index (χ1v) is 6.56. The van der Waals surface area contributed by atoms with E-state index in [1.165, 1.54) is 25.3 Å². The minimum absolute atomic E-state index is 0.143. The fourth-order valence-corrected chi connectivity index (χ4v) is 2.77. The van der Waals surface area contributed by atoms with Crippen LogP contribution in [0.5, 0.6) is 0 Å². The predicted molar refractivity (Wildman–Crippen MR) is 69.4 cm³/mol. The van der Waals surface area contributed by atoms with Gasteiger partial charge in [0.15, 0.2) is 0 Å². The normalized spacial score (nSPS) is 24.8. The van der Waals surface area contributed by atoms with Crippen molar-refractivity contribution >= 4 is 0 Å². The van der Waals surface area contributed by atoms with Gasteiger partial charge in [0.1, 0.15) is 11.9 Å². The van der Waals surface area contributed by atoms with E-state index < -0.39 is 0 Å². The highest BCUT2D eigenvalue weighted by Gasteiger charge is 2.25. The van der Waals surface area contributed by atoms with Gasteiger partial charge in [0.05, 0.1) is 5.56 Å². The van der Waals surface area contributed by atoms with Crippen molar-refractivity contribution in [2.24, 2.45) is 0 Å². The summed E-state index contributed by atoms with van der Waals surface area (Å²) in [6.45, 7) is 4.99. The Bertz CT molecular complexity index is 454. The lowest BCUT2D eigenvalue weighted by Crippen LogP contribution is -2.43. The van der Waals surface area contributed by atoms with Gasteiger partial charge in [-0.3, -0.25) is 4.90 Å². The predicted octanol–water partition coefficient (Wildman–Crippen LogP) is 3.46. The number of nitrogens with zero attached hydrogens (tertiary/aromatic N) is 2. The summed E-state index contributed by atoms with van der Waals surface area (Å²) in [5.41, 5.74) is 0.777. The summed E-state index contributed by atoms with van der Waals surface area (Å²) in [5, 5.41) is 8.85. The molecule has 1 saturated heterocycles. The zero-order chi connectivity index (χ0) is 13.1. The SMILES string of the molecule is C[C@@H]1CCC[C@H](C)N1Cc1cccc(C#N)c1F. The van der Waals surface area contributed by atoms with E-state index in [1.54, 1.807) is 12.1 Å². The molecule has 0 bridgehead atoms. The van der Waals surface area contributed by atoms with E-state index in [2.05, 4.69) is 18.7 Å². The van der Waals surface area contributed by atoms with Gasteiger partial charge in [-0.05, 0) is 32.8 Å². The molecular formula is C15H19FN2. The molecule has 0 aliphatic carbocycles. The number of piperidine rings is 1. The fourth-order valence-electron chi connectivity index (χ4n) is 2.77. The number of halogens is 1. The molecule has 0 spiro atoms. The molecule has 1 aliphatic heterocycles. The smallest absolute Gasteiger partial charge is 0.145 e. The summed E-state index contributed by atoms with van der Waals surface area (Å²) < 4.78 is 14.0. The molecule has 0 saturated carbocycles. The average molecular weight is 246 g/mol. The first-order chi connectivity index (χ1) is 8.63. The van der Waals surface area contributed by atoms with Gasteiger partial charge in [-0.15, -0.1) is 0 Å². The van der Waals surface area contributed by atoms with Crippen LogP contribution >= 0.6 is 0 Å². The summed E-state index contributed by atoms with van der Waals surface area (Å²) in [6.07, 6.45) is 3.59. The lowest BCUT2D eigenvalue weighted by Gasteiger charge is -2.39. The van der Waals surface area contributed by atoms with E-state index in [0.29, 0.717) is 24.2 Å². The van der Waals surface area contributed by atoms with Crippen LogP contribution in [0.4, 0.5) is 4.39 Å². The number of likely N-dealkylation sites (tertiary alicyclic amines) is 1. The Morgan fingerprint density at radius 3 is 2.61 bits per heavy atom. The van der Waals surface area contributed by atoms with Crippen molar-refractivity contribution in [3.05, 3.63) is 35.1 Å². The second-order valence-corrected chi connectivity index (χ2v) is 5.19. The van der Waals surface area contributed by atoms with Gasteiger partial charge in [0, 0.05) is 24.2 Å². The molecule has 0 radical (unpaired) electrons. The van der Waals surface area contributed by atoms with Crippen LogP contribution < -0.4 is 0 Å². The topological polar surface area (TPSA) is 27.0 Å². The quantitative estimate of drug-likeness (QED) is 0.799. The highest BCUT2D eigenvalue weighted by Crippen LogP contribution is 2.25. The van der Waals surface area contributed by atoms with Crippen molar-refractivity contribution < 1.29 is 4.39 Å². The molecule has 1 aromatic carbocycles. The second kappa shape index (κ2) is 5.49. The van der Waals surface area contributed by atoms with Crippen molar-refractivity contribution in [2.75, 3.05) is 0 Å². The van der Waals surface area contributed by atoms with Crippen LogP contribution in [0.25, 0.3) is 0 Å². The summed E-state index contributed by atoms with van der Waals surface area (Å²) in [6, 6.07) is 7.94. The third kappa shape index (κ3) is 2.54. The standard InChI is InChI=1S/C15H19FN2/c1-11-5-3-6-12(2)18(11)10-14-8-4-7-13(9-17)15(14)16/h4,7-8,11-12H,3,5-6,10H2,1-2H3/t11-,12+. The number of hydrogen-bond donors (Lipinski definition) is 0. The first-order valence-electron chi connectivity index (χ1n) is 6.56. The number of nitriles is 1. The maximum Gasteiger partial charge on any atom is 0.145 e. The summed E-state index contributed by atoms with van der Waals surface area (Å²) in [4.78, 5) is 2.34. The van der Waals surface area contributed by atoms with Crippen molar-refractivity contribution in [2.45, 2.75) is 51.7 Å². The maximum atomic E-state index is 14.0. The van der Waals surface area contributed by atoms with Gasteiger partial charge in [0.2, 0.25) is 0 Å².